The molecule has 0 aliphatic carbocycles. The summed E-state index contributed by atoms with van der Waals surface area (Å²) in [4.78, 5) is 14.2. The number of nitrogens with one attached hydrogen (secondary N) is 2. The number of hydrogen-bond donors (Lipinski definition) is 2. The zero-order chi connectivity index (χ0) is 13.6. The van der Waals surface area contributed by atoms with Crippen LogP contribution in [0.5, 0.6) is 0 Å². The van der Waals surface area contributed by atoms with E-state index >= 15 is 0 Å². The van der Waals surface area contributed by atoms with Gasteiger partial charge in [0.25, 0.3) is 0 Å². The molecule has 4 nitrogen and oxygen atoms in total. The highest BCUT2D eigenvalue weighted by molar-refractivity contribution is 5.76. The number of carbonyl (C=O) groups excluding carboxylic acids is 1. The molecule has 1 heterocycles. The lowest BCUT2D eigenvalue weighted by atomic mass is 9.80. The van der Waals surface area contributed by atoms with E-state index in [1.807, 2.05) is 0 Å². The molecule has 1 saturated heterocycles. The molecular weight excluding hydrogens is 226 g/mol. The highest BCUT2D eigenvalue weighted by atomic mass is 16.1. The molecule has 2 N–H and O–H groups in total. The van der Waals surface area contributed by atoms with E-state index in [1.165, 1.54) is 12.8 Å². The van der Waals surface area contributed by atoms with Crippen LogP contribution in [0.25, 0.3) is 0 Å². The fourth-order valence-corrected chi connectivity index (χ4v) is 2.42. The molecule has 1 unspecified atom stereocenters. The molecule has 1 amide bonds. The van der Waals surface area contributed by atoms with Crippen molar-refractivity contribution in [1.29, 1.82) is 0 Å². The SMILES string of the molecule is CCNC(C)CC(=O)NCC1(C)CCN(C)CC1. The van der Waals surface area contributed by atoms with Gasteiger partial charge in [-0.2, -0.15) is 0 Å². The number of carbonyl (C=O) groups is 1. The van der Waals surface area contributed by atoms with Gasteiger partial charge in [-0.15, -0.1) is 0 Å². The minimum Gasteiger partial charge on any atom is -0.356 e. The Hall–Kier alpha value is -0.610. The van der Waals surface area contributed by atoms with E-state index < -0.39 is 0 Å². The minimum atomic E-state index is 0.170. The summed E-state index contributed by atoms with van der Waals surface area (Å²) in [6.45, 7) is 10.4. The molecule has 1 atom stereocenters. The number of amides is 1. The van der Waals surface area contributed by atoms with Crippen molar-refractivity contribution in [3.63, 3.8) is 0 Å². The Morgan fingerprint density at radius 3 is 2.56 bits per heavy atom. The third-order valence-corrected chi connectivity index (χ3v) is 3.95. The van der Waals surface area contributed by atoms with Gasteiger partial charge in [0, 0.05) is 19.0 Å². The van der Waals surface area contributed by atoms with Gasteiger partial charge in [-0.05, 0) is 51.9 Å². The first-order chi connectivity index (χ1) is 8.45. The first-order valence-corrected chi connectivity index (χ1v) is 7.14. The lowest BCUT2D eigenvalue weighted by Gasteiger charge is -2.38. The largest absolute Gasteiger partial charge is 0.356 e. The lowest BCUT2D eigenvalue weighted by Crippen LogP contribution is -2.44. The van der Waals surface area contributed by atoms with Gasteiger partial charge < -0.3 is 15.5 Å². The van der Waals surface area contributed by atoms with Crippen molar-refractivity contribution in [1.82, 2.24) is 15.5 Å². The maximum atomic E-state index is 11.8. The van der Waals surface area contributed by atoms with Crippen LogP contribution in [0.3, 0.4) is 0 Å². The highest BCUT2D eigenvalue weighted by Crippen LogP contribution is 2.29. The van der Waals surface area contributed by atoms with Crippen molar-refractivity contribution >= 4 is 5.91 Å². The van der Waals surface area contributed by atoms with Crippen molar-refractivity contribution in [3.05, 3.63) is 0 Å². The minimum absolute atomic E-state index is 0.170. The van der Waals surface area contributed by atoms with Gasteiger partial charge >= 0.3 is 0 Å². The van der Waals surface area contributed by atoms with E-state index in [2.05, 4.69) is 43.4 Å². The summed E-state index contributed by atoms with van der Waals surface area (Å²) in [5.74, 6) is 0.170. The predicted molar refractivity (Wildman–Crippen MR) is 75.6 cm³/mol. The van der Waals surface area contributed by atoms with E-state index in [-0.39, 0.29) is 17.4 Å². The first kappa shape index (κ1) is 15.4. The molecule has 106 valence electrons. The lowest BCUT2D eigenvalue weighted by molar-refractivity contribution is -0.122. The fourth-order valence-electron chi connectivity index (χ4n) is 2.42. The Bertz CT molecular complexity index is 260. The quantitative estimate of drug-likeness (QED) is 0.750. The summed E-state index contributed by atoms with van der Waals surface area (Å²) in [7, 11) is 2.16. The second-order valence-corrected chi connectivity index (χ2v) is 6.05. The summed E-state index contributed by atoms with van der Waals surface area (Å²) in [6.07, 6.45) is 2.92. The van der Waals surface area contributed by atoms with E-state index in [0.717, 1.165) is 26.2 Å². The average molecular weight is 255 g/mol. The molecule has 1 fully saturated rings. The third kappa shape index (κ3) is 5.36. The summed E-state index contributed by atoms with van der Waals surface area (Å²) in [6, 6.07) is 0.264. The number of likely N-dealkylation sites (tertiary alicyclic amines) is 1. The van der Waals surface area contributed by atoms with Gasteiger partial charge in [0.1, 0.15) is 0 Å². The maximum Gasteiger partial charge on any atom is 0.221 e. The topological polar surface area (TPSA) is 44.4 Å². The highest BCUT2D eigenvalue weighted by Gasteiger charge is 2.29. The number of rotatable bonds is 6. The Labute approximate surface area is 111 Å². The molecule has 0 spiro atoms. The van der Waals surface area contributed by atoms with Crippen LogP contribution in [0.15, 0.2) is 0 Å². The molecule has 0 radical (unpaired) electrons. The van der Waals surface area contributed by atoms with Crippen LogP contribution in [-0.4, -0.2) is 50.1 Å². The van der Waals surface area contributed by atoms with Crippen LogP contribution in [0, 0.1) is 5.41 Å². The summed E-state index contributed by atoms with van der Waals surface area (Å²) < 4.78 is 0. The van der Waals surface area contributed by atoms with Gasteiger partial charge in [-0.25, -0.2) is 0 Å². The van der Waals surface area contributed by atoms with Gasteiger partial charge in [0.05, 0.1) is 0 Å². The molecule has 1 aliphatic rings. The standard InChI is InChI=1S/C14H29N3O/c1-5-15-12(2)10-13(18)16-11-14(3)6-8-17(4)9-7-14/h12,15H,5-11H2,1-4H3,(H,16,18). The van der Waals surface area contributed by atoms with Crippen LogP contribution in [0.4, 0.5) is 0 Å². The smallest absolute Gasteiger partial charge is 0.221 e. The summed E-state index contributed by atoms with van der Waals surface area (Å²) >= 11 is 0. The fraction of sp³-hybridized carbons (Fsp3) is 0.929. The molecular formula is C14H29N3O. The third-order valence-electron chi connectivity index (χ3n) is 3.95. The predicted octanol–water partition coefficient (Wildman–Crippen LogP) is 1.22. The van der Waals surface area contributed by atoms with Crippen molar-refractivity contribution in [3.8, 4) is 0 Å². The molecule has 0 aromatic carbocycles. The summed E-state index contributed by atoms with van der Waals surface area (Å²) in [5.41, 5.74) is 0.281. The van der Waals surface area contributed by atoms with Crippen molar-refractivity contribution in [2.45, 2.75) is 46.1 Å². The molecule has 18 heavy (non-hydrogen) atoms. The summed E-state index contributed by atoms with van der Waals surface area (Å²) in [5, 5.41) is 6.36. The van der Waals surface area contributed by atoms with Crippen LogP contribution in [0.1, 0.15) is 40.0 Å². The van der Waals surface area contributed by atoms with Gasteiger partial charge in [-0.1, -0.05) is 13.8 Å². The van der Waals surface area contributed by atoms with Gasteiger partial charge in [0.2, 0.25) is 5.91 Å². The number of piperidine rings is 1. The number of nitrogens with zero attached hydrogens (tertiary/aromatic N) is 1. The molecule has 1 rings (SSSR count). The van der Waals surface area contributed by atoms with Crippen molar-refractivity contribution < 1.29 is 4.79 Å². The van der Waals surface area contributed by atoms with Gasteiger partial charge in [0.15, 0.2) is 0 Å². The monoisotopic (exact) mass is 255 g/mol. The van der Waals surface area contributed by atoms with Gasteiger partial charge in [-0.3, -0.25) is 4.79 Å². The number of hydrogen-bond acceptors (Lipinski definition) is 3. The normalized spacial score (nSPS) is 21.6. The molecule has 0 saturated carbocycles. The van der Waals surface area contributed by atoms with Crippen LogP contribution in [0.2, 0.25) is 0 Å². The Balaban J connectivity index is 2.25. The van der Waals surface area contributed by atoms with E-state index in [1.54, 1.807) is 0 Å². The first-order valence-electron chi connectivity index (χ1n) is 7.14. The molecule has 0 aromatic heterocycles. The zero-order valence-electron chi connectivity index (χ0n) is 12.4. The van der Waals surface area contributed by atoms with Crippen LogP contribution >= 0.6 is 0 Å². The van der Waals surface area contributed by atoms with Crippen LogP contribution < -0.4 is 10.6 Å². The molecule has 4 heteroatoms. The van der Waals surface area contributed by atoms with E-state index in [0.29, 0.717) is 6.42 Å². The average Bonchev–Trinajstić information content (AvgIpc) is 2.31. The van der Waals surface area contributed by atoms with Crippen LogP contribution in [-0.2, 0) is 4.79 Å². The zero-order valence-corrected chi connectivity index (χ0v) is 12.4. The molecule has 1 aliphatic heterocycles. The second-order valence-electron chi connectivity index (χ2n) is 6.05. The molecule has 0 bridgehead atoms. The Morgan fingerprint density at radius 1 is 1.39 bits per heavy atom. The van der Waals surface area contributed by atoms with Crippen molar-refractivity contribution in [2.24, 2.45) is 5.41 Å². The van der Waals surface area contributed by atoms with E-state index in [9.17, 15) is 4.79 Å². The second kappa shape index (κ2) is 7.10. The van der Waals surface area contributed by atoms with Crippen molar-refractivity contribution in [2.75, 3.05) is 33.2 Å². The van der Waals surface area contributed by atoms with E-state index in [4.69, 9.17) is 0 Å². The maximum absolute atomic E-state index is 11.8. The Morgan fingerprint density at radius 2 is 2.00 bits per heavy atom. The Kier molecular flexibility index (Phi) is 6.09. The molecule has 0 aromatic rings.